The van der Waals surface area contributed by atoms with Crippen molar-refractivity contribution in [1.82, 2.24) is 4.90 Å². The number of anilines is 1. The molecule has 116 valence electrons. The van der Waals surface area contributed by atoms with Crippen LogP contribution in [0.3, 0.4) is 0 Å². The first-order chi connectivity index (χ1) is 9.93. The molecule has 0 unspecified atom stereocenters. The van der Waals surface area contributed by atoms with Gasteiger partial charge in [-0.2, -0.15) is 0 Å². The predicted molar refractivity (Wildman–Crippen MR) is 85.8 cm³/mol. The number of nitrogens with zero attached hydrogens (tertiary/aromatic N) is 2. The van der Waals surface area contributed by atoms with E-state index in [1.807, 2.05) is 4.90 Å². The molecular formula is C17H26N2O2. The van der Waals surface area contributed by atoms with Crippen LogP contribution >= 0.6 is 0 Å². The molecule has 1 heterocycles. The Hall–Kier alpha value is -1.55. The predicted octanol–water partition coefficient (Wildman–Crippen LogP) is 2.28. The molecule has 21 heavy (non-hydrogen) atoms. The normalized spacial score (nSPS) is 16.2. The lowest BCUT2D eigenvalue weighted by atomic mass is 9.85. The molecule has 0 saturated carbocycles. The van der Waals surface area contributed by atoms with Crippen molar-refractivity contribution < 1.29 is 9.53 Å². The van der Waals surface area contributed by atoms with Gasteiger partial charge in [-0.1, -0.05) is 39.0 Å². The van der Waals surface area contributed by atoms with Crippen LogP contribution in [0.1, 0.15) is 26.3 Å². The molecule has 1 aromatic carbocycles. The molecular weight excluding hydrogens is 264 g/mol. The summed E-state index contributed by atoms with van der Waals surface area (Å²) in [6.45, 7) is 10.2. The largest absolute Gasteiger partial charge is 0.375 e. The van der Waals surface area contributed by atoms with Crippen molar-refractivity contribution in [3.05, 3.63) is 29.8 Å². The second-order valence-corrected chi connectivity index (χ2v) is 6.57. The molecule has 1 saturated heterocycles. The highest BCUT2D eigenvalue weighted by atomic mass is 16.5. The van der Waals surface area contributed by atoms with Crippen LogP contribution in [-0.2, 0) is 14.9 Å². The molecule has 1 aromatic rings. The molecule has 1 aliphatic heterocycles. The van der Waals surface area contributed by atoms with E-state index in [9.17, 15) is 4.79 Å². The van der Waals surface area contributed by atoms with Crippen molar-refractivity contribution >= 4 is 11.6 Å². The van der Waals surface area contributed by atoms with Crippen molar-refractivity contribution in [2.75, 3.05) is 44.8 Å². The topological polar surface area (TPSA) is 32.8 Å². The van der Waals surface area contributed by atoms with Crippen molar-refractivity contribution in [3.63, 3.8) is 0 Å². The number of para-hydroxylation sites is 1. The zero-order chi connectivity index (χ0) is 15.5. The first-order valence-corrected chi connectivity index (χ1v) is 7.54. The standard InChI is InChI=1S/C17H26N2O2/c1-17(2,3)14-7-5-6-8-15(14)18-9-11-19(12-10-18)16(20)13-21-4/h5-8H,9-13H2,1-4H3. The lowest BCUT2D eigenvalue weighted by Crippen LogP contribution is -2.50. The van der Waals surface area contributed by atoms with Crippen LogP contribution in [-0.4, -0.2) is 50.7 Å². The van der Waals surface area contributed by atoms with Crippen LogP contribution in [0.25, 0.3) is 0 Å². The minimum Gasteiger partial charge on any atom is -0.375 e. The van der Waals surface area contributed by atoms with Gasteiger partial charge in [0.25, 0.3) is 0 Å². The fraction of sp³-hybridized carbons (Fsp3) is 0.588. The van der Waals surface area contributed by atoms with Crippen LogP contribution in [0, 0.1) is 0 Å². The van der Waals surface area contributed by atoms with E-state index >= 15 is 0 Å². The number of methoxy groups -OCH3 is 1. The van der Waals surface area contributed by atoms with E-state index in [0.29, 0.717) is 0 Å². The summed E-state index contributed by atoms with van der Waals surface area (Å²) in [6, 6.07) is 8.58. The number of amides is 1. The Bertz CT molecular complexity index is 486. The first-order valence-electron chi connectivity index (χ1n) is 7.54. The lowest BCUT2D eigenvalue weighted by molar-refractivity contribution is -0.135. The molecule has 0 aliphatic carbocycles. The summed E-state index contributed by atoms with van der Waals surface area (Å²) in [7, 11) is 1.56. The molecule has 0 N–H and O–H groups in total. The Labute approximate surface area is 127 Å². The van der Waals surface area contributed by atoms with Crippen LogP contribution in [0.2, 0.25) is 0 Å². The van der Waals surface area contributed by atoms with Crippen LogP contribution in [0.5, 0.6) is 0 Å². The molecule has 0 spiro atoms. The Morgan fingerprint density at radius 3 is 2.33 bits per heavy atom. The molecule has 0 atom stereocenters. The summed E-state index contributed by atoms with van der Waals surface area (Å²) in [5, 5.41) is 0. The summed E-state index contributed by atoms with van der Waals surface area (Å²) >= 11 is 0. The summed E-state index contributed by atoms with van der Waals surface area (Å²) < 4.78 is 4.93. The molecule has 0 aromatic heterocycles. The third kappa shape index (κ3) is 3.76. The number of hydrogen-bond acceptors (Lipinski definition) is 3. The third-order valence-corrected chi connectivity index (χ3v) is 3.95. The van der Waals surface area contributed by atoms with Gasteiger partial charge in [-0.3, -0.25) is 4.79 Å². The van der Waals surface area contributed by atoms with E-state index < -0.39 is 0 Å². The summed E-state index contributed by atoms with van der Waals surface area (Å²) in [6.07, 6.45) is 0. The van der Waals surface area contributed by atoms with Gasteiger partial charge >= 0.3 is 0 Å². The summed E-state index contributed by atoms with van der Waals surface area (Å²) in [5.41, 5.74) is 2.78. The maximum absolute atomic E-state index is 11.8. The number of piperazine rings is 1. The Morgan fingerprint density at radius 1 is 1.14 bits per heavy atom. The van der Waals surface area contributed by atoms with Gasteiger partial charge in [0.05, 0.1) is 0 Å². The Morgan fingerprint density at radius 2 is 1.76 bits per heavy atom. The van der Waals surface area contributed by atoms with Gasteiger partial charge in [0.2, 0.25) is 5.91 Å². The fourth-order valence-corrected chi connectivity index (χ4v) is 2.80. The number of carbonyl (C=O) groups is 1. The average molecular weight is 290 g/mol. The molecule has 1 amide bonds. The summed E-state index contributed by atoms with van der Waals surface area (Å²) in [4.78, 5) is 16.1. The maximum atomic E-state index is 11.8. The zero-order valence-electron chi connectivity index (χ0n) is 13.6. The average Bonchev–Trinajstić information content (AvgIpc) is 2.47. The van der Waals surface area contributed by atoms with Crippen LogP contribution in [0.15, 0.2) is 24.3 Å². The van der Waals surface area contributed by atoms with Gasteiger partial charge in [-0.25, -0.2) is 0 Å². The number of carbonyl (C=O) groups excluding carboxylic acids is 1. The quantitative estimate of drug-likeness (QED) is 0.856. The van der Waals surface area contributed by atoms with E-state index in [1.54, 1.807) is 7.11 Å². The molecule has 4 heteroatoms. The minimum absolute atomic E-state index is 0.0845. The second kappa shape index (κ2) is 6.48. The Balaban J connectivity index is 2.08. The number of benzene rings is 1. The van der Waals surface area contributed by atoms with Gasteiger partial charge in [0.1, 0.15) is 6.61 Å². The van der Waals surface area contributed by atoms with Crippen molar-refractivity contribution in [2.45, 2.75) is 26.2 Å². The third-order valence-electron chi connectivity index (χ3n) is 3.95. The number of ether oxygens (including phenoxy) is 1. The molecule has 0 bridgehead atoms. The lowest BCUT2D eigenvalue weighted by Gasteiger charge is -2.38. The van der Waals surface area contributed by atoms with Crippen molar-refractivity contribution in [3.8, 4) is 0 Å². The molecule has 4 nitrogen and oxygen atoms in total. The van der Waals surface area contributed by atoms with Gasteiger partial charge in [-0.15, -0.1) is 0 Å². The molecule has 1 aliphatic rings. The van der Waals surface area contributed by atoms with E-state index in [4.69, 9.17) is 4.74 Å². The van der Waals surface area contributed by atoms with Gasteiger partial charge in [0.15, 0.2) is 0 Å². The van der Waals surface area contributed by atoms with Gasteiger partial charge in [0, 0.05) is 39.0 Å². The van der Waals surface area contributed by atoms with E-state index in [1.165, 1.54) is 11.3 Å². The van der Waals surface area contributed by atoms with E-state index in [-0.39, 0.29) is 17.9 Å². The fourth-order valence-electron chi connectivity index (χ4n) is 2.80. The summed E-state index contributed by atoms with van der Waals surface area (Å²) in [5.74, 6) is 0.0845. The minimum atomic E-state index is 0.0845. The van der Waals surface area contributed by atoms with Gasteiger partial charge < -0.3 is 14.5 Å². The monoisotopic (exact) mass is 290 g/mol. The molecule has 0 radical (unpaired) electrons. The van der Waals surface area contributed by atoms with E-state index in [2.05, 4.69) is 49.9 Å². The highest BCUT2D eigenvalue weighted by Gasteiger charge is 2.25. The second-order valence-electron chi connectivity index (χ2n) is 6.57. The highest BCUT2D eigenvalue weighted by molar-refractivity contribution is 5.77. The first kappa shape index (κ1) is 15.8. The van der Waals surface area contributed by atoms with Crippen molar-refractivity contribution in [1.29, 1.82) is 0 Å². The zero-order valence-corrected chi connectivity index (χ0v) is 13.6. The van der Waals surface area contributed by atoms with Gasteiger partial charge in [-0.05, 0) is 17.0 Å². The number of hydrogen-bond donors (Lipinski definition) is 0. The van der Waals surface area contributed by atoms with Crippen LogP contribution < -0.4 is 4.90 Å². The smallest absolute Gasteiger partial charge is 0.248 e. The highest BCUT2D eigenvalue weighted by Crippen LogP contribution is 2.32. The van der Waals surface area contributed by atoms with E-state index in [0.717, 1.165) is 26.2 Å². The Kier molecular flexibility index (Phi) is 4.88. The SMILES string of the molecule is COCC(=O)N1CCN(c2ccccc2C(C)(C)C)CC1. The number of rotatable bonds is 3. The van der Waals surface area contributed by atoms with Crippen LogP contribution in [0.4, 0.5) is 5.69 Å². The maximum Gasteiger partial charge on any atom is 0.248 e. The molecule has 2 rings (SSSR count). The van der Waals surface area contributed by atoms with Crippen molar-refractivity contribution in [2.24, 2.45) is 0 Å². The molecule has 1 fully saturated rings.